The van der Waals surface area contributed by atoms with Gasteiger partial charge in [0, 0.05) is 6.54 Å². The van der Waals surface area contributed by atoms with Crippen LogP contribution in [0.2, 0.25) is 0 Å². The van der Waals surface area contributed by atoms with Gasteiger partial charge < -0.3 is 10.4 Å². The SMILES string of the molecule is CC(C)(C)n1ncc2c(NCc3ccc(C(=O)O)cc3)ncnc21. The van der Waals surface area contributed by atoms with Crippen molar-refractivity contribution < 1.29 is 9.90 Å². The van der Waals surface area contributed by atoms with Gasteiger partial charge in [-0.3, -0.25) is 0 Å². The van der Waals surface area contributed by atoms with Crippen molar-refractivity contribution in [3.8, 4) is 0 Å². The van der Waals surface area contributed by atoms with Crippen LogP contribution in [0.1, 0.15) is 36.7 Å². The van der Waals surface area contributed by atoms with Crippen LogP contribution in [-0.4, -0.2) is 30.8 Å². The third-order valence-corrected chi connectivity index (χ3v) is 3.66. The second-order valence-corrected chi connectivity index (χ2v) is 6.54. The lowest BCUT2D eigenvalue weighted by Crippen LogP contribution is -2.23. The van der Waals surface area contributed by atoms with Crippen molar-refractivity contribution in [3.05, 3.63) is 47.9 Å². The largest absolute Gasteiger partial charge is 0.478 e. The average molecular weight is 325 g/mol. The summed E-state index contributed by atoms with van der Waals surface area (Å²) in [6.45, 7) is 6.74. The third-order valence-electron chi connectivity index (χ3n) is 3.66. The van der Waals surface area contributed by atoms with Gasteiger partial charge in [-0.1, -0.05) is 12.1 Å². The summed E-state index contributed by atoms with van der Waals surface area (Å²) < 4.78 is 1.87. The number of rotatable bonds is 4. The molecular weight excluding hydrogens is 306 g/mol. The fraction of sp³-hybridized carbons (Fsp3) is 0.294. The molecule has 0 fully saturated rings. The molecule has 0 aliphatic heterocycles. The van der Waals surface area contributed by atoms with E-state index in [0.29, 0.717) is 12.4 Å². The van der Waals surface area contributed by atoms with E-state index < -0.39 is 5.97 Å². The Balaban J connectivity index is 1.83. The molecule has 3 rings (SSSR count). The molecule has 2 heterocycles. The smallest absolute Gasteiger partial charge is 0.335 e. The van der Waals surface area contributed by atoms with E-state index in [2.05, 4.69) is 41.2 Å². The number of nitrogens with one attached hydrogen (secondary N) is 1. The topological polar surface area (TPSA) is 92.9 Å². The summed E-state index contributed by atoms with van der Waals surface area (Å²) in [5.74, 6) is -0.223. The van der Waals surface area contributed by atoms with Crippen LogP contribution < -0.4 is 5.32 Å². The summed E-state index contributed by atoms with van der Waals surface area (Å²) in [6, 6.07) is 6.75. The van der Waals surface area contributed by atoms with Crippen LogP contribution in [-0.2, 0) is 12.1 Å². The number of carbonyl (C=O) groups is 1. The Morgan fingerprint density at radius 3 is 2.54 bits per heavy atom. The lowest BCUT2D eigenvalue weighted by Gasteiger charge is -2.19. The molecule has 0 radical (unpaired) electrons. The van der Waals surface area contributed by atoms with E-state index in [1.807, 2.05) is 4.68 Å². The Morgan fingerprint density at radius 2 is 1.92 bits per heavy atom. The van der Waals surface area contributed by atoms with Gasteiger partial charge in [-0.2, -0.15) is 5.10 Å². The van der Waals surface area contributed by atoms with Crippen molar-refractivity contribution in [1.29, 1.82) is 0 Å². The summed E-state index contributed by atoms with van der Waals surface area (Å²) >= 11 is 0. The third kappa shape index (κ3) is 3.05. The average Bonchev–Trinajstić information content (AvgIpc) is 2.98. The van der Waals surface area contributed by atoms with Gasteiger partial charge in [0.15, 0.2) is 5.65 Å². The first-order valence-electron chi connectivity index (χ1n) is 7.61. The molecule has 0 unspecified atom stereocenters. The van der Waals surface area contributed by atoms with E-state index in [1.165, 1.54) is 6.33 Å². The Morgan fingerprint density at radius 1 is 1.21 bits per heavy atom. The molecule has 7 heteroatoms. The lowest BCUT2D eigenvalue weighted by atomic mass is 10.1. The van der Waals surface area contributed by atoms with E-state index in [9.17, 15) is 4.79 Å². The fourth-order valence-electron chi connectivity index (χ4n) is 2.43. The van der Waals surface area contributed by atoms with E-state index in [0.717, 1.165) is 16.6 Å². The summed E-state index contributed by atoms with van der Waals surface area (Å²) in [5, 5.41) is 17.5. The summed E-state index contributed by atoms with van der Waals surface area (Å²) in [5.41, 5.74) is 1.85. The zero-order chi connectivity index (χ0) is 17.3. The zero-order valence-electron chi connectivity index (χ0n) is 13.8. The fourth-order valence-corrected chi connectivity index (χ4v) is 2.43. The molecule has 1 aromatic carbocycles. The summed E-state index contributed by atoms with van der Waals surface area (Å²) in [6.07, 6.45) is 3.28. The first-order chi connectivity index (χ1) is 11.4. The maximum atomic E-state index is 10.9. The Labute approximate surface area is 139 Å². The quantitative estimate of drug-likeness (QED) is 0.766. The van der Waals surface area contributed by atoms with Gasteiger partial charge in [-0.15, -0.1) is 0 Å². The molecule has 0 aliphatic rings. The molecule has 0 amide bonds. The number of carboxylic acid groups (broad SMARTS) is 1. The molecule has 24 heavy (non-hydrogen) atoms. The highest BCUT2D eigenvalue weighted by Gasteiger charge is 2.19. The van der Waals surface area contributed by atoms with Crippen molar-refractivity contribution >= 4 is 22.8 Å². The number of hydrogen-bond acceptors (Lipinski definition) is 5. The van der Waals surface area contributed by atoms with Crippen LogP contribution >= 0.6 is 0 Å². The second-order valence-electron chi connectivity index (χ2n) is 6.54. The number of benzene rings is 1. The van der Waals surface area contributed by atoms with E-state index in [4.69, 9.17) is 5.11 Å². The molecule has 0 spiro atoms. The number of aromatic nitrogens is 4. The number of carboxylic acids is 1. The maximum absolute atomic E-state index is 10.9. The monoisotopic (exact) mass is 325 g/mol. The molecule has 3 aromatic rings. The van der Waals surface area contributed by atoms with E-state index in [-0.39, 0.29) is 11.1 Å². The Hall–Kier alpha value is -2.96. The number of hydrogen-bond donors (Lipinski definition) is 2. The minimum absolute atomic E-state index is 0.167. The van der Waals surface area contributed by atoms with Crippen LogP contribution in [0.4, 0.5) is 5.82 Å². The maximum Gasteiger partial charge on any atom is 0.335 e. The molecular formula is C17H19N5O2. The Kier molecular flexibility index (Phi) is 3.92. The highest BCUT2D eigenvalue weighted by Crippen LogP contribution is 2.24. The molecule has 2 aromatic heterocycles. The highest BCUT2D eigenvalue weighted by molar-refractivity contribution is 5.87. The van der Waals surface area contributed by atoms with Crippen molar-refractivity contribution in [2.75, 3.05) is 5.32 Å². The van der Waals surface area contributed by atoms with Crippen LogP contribution in [0.5, 0.6) is 0 Å². The molecule has 0 bridgehead atoms. The van der Waals surface area contributed by atoms with Gasteiger partial charge in [0.1, 0.15) is 12.1 Å². The van der Waals surface area contributed by atoms with Gasteiger partial charge in [-0.05, 0) is 38.5 Å². The van der Waals surface area contributed by atoms with Crippen LogP contribution in [0.3, 0.4) is 0 Å². The number of fused-ring (bicyclic) bond motifs is 1. The molecule has 2 N–H and O–H groups in total. The predicted octanol–water partition coefficient (Wildman–Crippen LogP) is 2.89. The molecule has 7 nitrogen and oxygen atoms in total. The first kappa shape index (κ1) is 15.9. The second kappa shape index (κ2) is 5.92. The molecule has 0 saturated carbocycles. The van der Waals surface area contributed by atoms with Gasteiger partial charge in [0.2, 0.25) is 0 Å². The first-order valence-corrected chi connectivity index (χ1v) is 7.61. The summed E-state index contributed by atoms with van der Waals surface area (Å²) in [7, 11) is 0. The standard InChI is InChI=1S/C17H19N5O2/c1-17(2,3)22-15-13(9-21-22)14(19-10-20-15)18-8-11-4-6-12(7-5-11)16(23)24/h4-7,9-10H,8H2,1-3H3,(H,23,24)(H,18,19,20). The van der Waals surface area contributed by atoms with Crippen LogP contribution in [0.15, 0.2) is 36.8 Å². The number of anilines is 1. The van der Waals surface area contributed by atoms with Gasteiger partial charge >= 0.3 is 5.97 Å². The minimum atomic E-state index is -0.929. The van der Waals surface area contributed by atoms with Crippen molar-refractivity contribution in [2.45, 2.75) is 32.9 Å². The van der Waals surface area contributed by atoms with Crippen molar-refractivity contribution in [3.63, 3.8) is 0 Å². The zero-order valence-corrected chi connectivity index (χ0v) is 13.8. The molecule has 0 atom stereocenters. The number of nitrogens with zero attached hydrogens (tertiary/aromatic N) is 4. The lowest BCUT2D eigenvalue weighted by molar-refractivity contribution is 0.0697. The van der Waals surface area contributed by atoms with E-state index >= 15 is 0 Å². The van der Waals surface area contributed by atoms with Crippen molar-refractivity contribution in [2.24, 2.45) is 0 Å². The highest BCUT2D eigenvalue weighted by atomic mass is 16.4. The van der Waals surface area contributed by atoms with Gasteiger partial charge in [-0.25, -0.2) is 19.4 Å². The van der Waals surface area contributed by atoms with Gasteiger partial charge in [0.25, 0.3) is 0 Å². The predicted molar refractivity (Wildman–Crippen MR) is 91.0 cm³/mol. The normalized spacial score (nSPS) is 11.6. The molecule has 0 saturated heterocycles. The summed E-state index contributed by atoms with van der Waals surface area (Å²) in [4.78, 5) is 19.5. The minimum Gasteiger partial charge on any atom is -0.478 e. The van der Waals surface area contributed by atoms with Crippen LogP contribution in [0.25, 0.3) is 11.0 Å². The molecule has 124 valence electrons. The van der Waals surface area contributed by atoms with E-state index in [1.54, 1.807) is 30.5 Å². The van der Waals surface area contributed by atoms with Crippen LogP contribution in [0, 0.1) is 0 Å². The van der Waals surface area contributed by atoms with Gasteiger partial charge in [0.05, 0.1) is 22.7 Å². The molecule has 0 aliphatic carbocycles. The van der Waals surface area contributed by atoms with Crippen molar-refractivity contribution in [1.82, 2.24) is 19.7 Å². The number of aromatic carboxylic acids is 1. The Bertz CT molecular complexity index is 878.